The van der Waals surface area contributed by atoms with E-state index in [0.29, 0.717) is 23.3 Å². The molecule has 112 valence electrons. The fourth-order valence-corrected chi connectivity index (χ4v) is 2.52. The molecule has 0 saturated carbocycles. The summed E-state index contributed by atoms with van der Waals surface area (Å²) in [5.41, 5.74) is 0.680. The van der Waals surface area contributed by atoms with Crippen LogP contribution in [0, 0.1) is 0 Å². The lowest BCUT2D eigenvalue weighted by molar-refractivity contribution is -0.117. The van der Waals surface area contributed by atoms with E-state index in [1.54, 1.807) is 6.07 Å². The van der Waals surface area contributed by atoms with Crippen LogP contribution in [0.1, 0.15) is 12.8 Å². The van der Waals surface area contributed by atoms with Gasteiger partial charge in [-0.25, -0.2) is 0 Å². The number of para-hydroxylation sites is 1. The molecule has 0 atom stereocenters. The van der Waals surface area contributed by atoms with Gasteiger partial charge in [0, 0.05) is 19.1 Å². The largest absolute Gasteiger partial charge is 0.324 e. The predicted octanol–water partition coefficient (Wildman–Crippen LogP) is 2.38. The zero-order valence-corrected chi connectivity index (χ0v) is 13.1. The van der Waals surface area contributed by atoms with Crippen LogP contribution in [0.3, 0.4) is 0 Å². The second kappa shape index (κ2) is 8.47. The number of likely N-dealkylation sites (tertiary alicyclic amines) is 1. The van der Waals surface area contributed by atoms with E-state index in [-0.39, 0.29) is 18.3 Å². The topological polar surface area (TPSA) is 44.4 Å². The first-order chi connectivity index (χ1) is 9.19. The molecule has 0 unspecified atom stereocenters. The Morgan fingerprint density at radius 1 is 1.35 bits per heavy atom. The SMILES string of the molecule is CNC1CCN(CC(=O)Nc2ccccc2Cl)CC1.Cl. The summed E-state index contributed by atoms with van der Waals surface area (Å²) in [5.74, 6) is -0.00370. The van der Waals surface area contributed by atoms with Crippen LogP contribution in [-0.4, -0.2) is 43.5 Å². The minimum Gasteiger partial charge on any atom is -0.324 e. The Labute approximate surface area is 131 Å². The van der Waals surface area contributed by atoms with E-state index in [1.165, 1.54) is 0 Å². The van der Waals surface area contributed by atoms with E-state index >= 15 is 0 Å². The predicted molar refractivity (Wildman–Crippen MR) is 85.9 cm³/mol. The fraction of sp³-hybridized carbons (Fsp3) is 0.500. The molecule has 1 amide bonds. The molecule has 4 nitrogen and oxygen atoms in total. The molecule has 1 saturated heterocycles. The summed E-state index contributed by atoms with van der Waals surface area (Å²) in [6.45, 7) is 2.35. The summed E-state index contributed by atoms with van der Waals surface area (Å²) in [6.07, 6.45) is 2.19. The standard InChI is InChI=1S/C14H20ClN3O.ClH/c1-16-11-6-8-18(9-7-11)10-14(19)17-13-5-3-2-4-12(13)15;/h2-5,11,16H,6-10H2,1H3,(H,17,19);1H. The molecule has 2 rings (SSSR count). The number of halogens is 2. The van der Waals surface area contributed by atoms with Gasteiger partial charge in [0.2, 0.25) is 5.91 Å². The molecule has 2 N–H and O–H groups in total. The van der Waals surface area contributed by atoms with Crippen LogP contribution in [-0.2, 0) is 4.79 Å². The highest BCUT2D eigenvalue weighted by atomic mass is 35.5. The van der Waals surface area contributed by atoms with Crippen LogP contribution in [0.4, 0.5) is 5.69 Å². The third kappa shape index (κ3) is 4.94. The number of hydrogen-bond acceptors (Lipinski definition) is 3. The van der Waals surface area contributed by atoms with Crippen molar-refractivity contribution < 1.29 is 4.79 Å². The molecule has 0 radical (unpaired) electrons. The van der Waals surface area contributed by atoms with Gasteiger partial charge in [-0.15, -0.1) is 12.4 Å². The lowest BCUT2D eigenvalue weighted by atomic mass is 10.1. The summed E-state index contributed by atoms with van der Waals surface area (Å²) < 4.78 is 0. The molecular formula is C14H21Cl2N3O. The van der Waals surface area contributed by atoms with E-state index in [1.807, 2.05) is 25.2 Å². The van der Waals surface area contributed by atoms with Crippen molar-refractivity contribution >= 4 is 35.6 Å². The first kappa shape index (κ1) is 17.2. The van der Waals surface area contributed by atoms with Gasteiger partial charge in [-0.1, -0.05) is 23.7 Å². The first-order valence-corrected chi connectivity index (χ1v) is 7.01. The number of carbonyl (C=O) groups excluding carboxylic acids is 1. The van der Waals surface area contributed by atoms with E-state index in [0.717, 1.165) is 25.9 Å². The van der Waals surface area contributed by atoms with Crippen LogP contribution >= 0.6 is 24.0 Å². The summed E-state index contributed by atoms with van der Waals surface area (Å²) >= 11 is 6.01. The monoisotopic (exact) mass is 317 g/mol. The zero-order chi connectivity index (χ0) is 13.7. The molecule has 1 aromatic rings. The molecule has 0 aromatic heterocycles. The number of nitrogens with one attached hydrogen (secondary N) is 2. The number of rotatable bonds is 4. The molecule has 1 aliphatic rings. The van der Waals surface area contributed by atoms with Gasteiger partial charge in [-0.05, 0) is 32.0 Å². The summed E-state index contributed by atoms with van der Waals surface area (Å²) in [5, 5.41) is 6.71. The number of anilines is 1. The third-order valence-electron chi connectivity index (χ3n) is 3.51. The highest BCUT2D eigenvalue weighted by molar-refractivity contribution is 6.33. The second-order valence-electron chi connectivity index (χ2n) is 4.87. The molecule has 1 aliphatic heterocycles. The molecular weight excluding hydrogens is 297 g/mol. The van der Waals surface area contributed by atoms with Crippen LogP contribution in [0.15, 0.2) is 24.3 Å². The average Bonchev–Trinajstić information content (AvgIpc) is 2.42. The van der Waals surface area contributed by atoms with Crippen LogP contribution in [0.25, 0.3) is 0 Å². The average molecular weight is 318 g/mol. The van der Waals surface area contributed by atoms with E-state index in [9.17, 15) is 4.79 Å². The van der Waals surface area contributed by atoms with Crippen molar-refractivity contribution in [3.63, 3.8) is 0 Å². The maximum atomic E-state index is 12.0. The van der Waals surface area contributed by atoms with Crippen LogP contribution < -0.4 is 10.6 Å². The molecule has 1 fully saturated rings. The molecule has 1 heterocycles. The van der Waals surface area contributed by atoms with Crippen molar-refractivity contribution in [1.82, 2.24) is 10.2 Å². The van der Waals surface area contributed by atoms with Crippen molar-refractivity contribution in [3.05, 3.63) is 29.3 Å². The normalized spacial score (nSPS) is 16.5. The molecule has 6 heteroatoms. The fourth-order valence-electron chi connectivity index (χ4n) is 2.34. The number of amides is 1. The Balaban J connectivity index is 0.00000200. The number of benzene rings is 1. The van der Waals surface area contributed by atoms with E-state index in [4.69, 9.17) is 11.6 Å². The van der Waals surface area contributed by atoms with E-state index < -0.39 is 0 Å². The number of carbonyl (C=O) groups is 1. The smallest absolute Gasteiger partial charge is 0.238 e. The Bertz CT molecular complexity index is 434. The molecule has 0 spiro atoms. The zero-order valence-electron chi connectivity index (χ0n) is 11.6. The summed E-state index contributed by atoms with van der Waals surface area (Å²) in [7, 11) is 1.99. The summed E-state index contributed by atoms with van der Waals surface area (Å²) in [4.78, 5) is 14.1. The maximum absolute atomic E-state index is 12.0. The third-order valence-corrected chi connectivity index (χ3v) is 3.84. The van der Waals surface area contributed by atoms with Crippen LogP contribution in [0.2, 0.25) is 5.02 Å². The maximum Gasteiger partial charge on any atom is 0.238 e. The first-order valence-electron chi connectivity index (χ1n) is 6.63. The number of hydrogen-bond donors (Lipinski definition) is 2. The molecule has 1 aromatic carbocycles. The van der Waals surface area contributed by atoms with Gasteiger partial charge in [0.05, 0.1) is 17.3 Å². The highest BCUT2D eigenvalue weighted by Gasteiger charge is 2.19. The molecule has 0 bridgehead atoms. The van der Waals surface area contributed by atoms with Crippen molar-refractivity contribution in [3.8, 4) is 0 Å². The minimum atomic E-state index is -0.00370. The Morgan fingerprint density at radius 3 is 2.60 bits per heavy atom. The van der Waals surface area contributed by atoms with Gasteiger partial charge in [0.25, 0.3) is 0 Å². The Hall–Kier alpha value is -0.810. The summed E-state index contributed by atoms with van der Waals surface area (Å²) in [6, 6.07) is 7.88. The quantitative estimate of drug-likeness (QED) is 0.896. The number of nitrogens with zero attached hydrogens (tertiary/aromatic N) is 1. The van der Waals surface area contributed by atoms with Crippen LogP contribution in [0.5, 0.6) is 0 Å². The van der Waals surface area contributed by atoms with Gasteiger partial charge in [-0.3, -0.25) is 9.69 Å². The lowest BCUT2D eigenvalue weighted by Gasteiger charge is -2.31. The minimum absolute atomic E-state index is 0. The lowest BCUT2D eigenvalue weighted by Crippen LogP contribution is -2.44. The van der Waals surface area contributed by atoms with E-state index in [2.05, 4.69) is 15.5 Å². The van der Waals surface area contributed by atoms with Crippen molar-refractivity contribution in [2.45, 2.75) is 18.9 Å². The Kier molecular flexibility index (Phi) is 7.30. The van der Waals surface area contributed by atoms with Gasteiger partial charge < -0.3 is 10.6 Å². The van der Waals surface area contributed by atoms with Crippen molar-refractivity contribution in [1.29, 1.82) is 0 Å². The molecule has 0 aliphatic carbocycles. The Morgan fingerprint density at radius 2 is 2.00 bits per heavy atom. The van der Waals surface area contributed by atoms with Gasteiger partial charge >= 0.3 is 0 Å². The van der Waals surface area contributed by atoms with Crippen molar-refractivity contribution in [2.75, 3.05) is 32.0 Å². The number of piperidine rings is 1. The molecule has 20 heavy (non-hydrogen) atoms. The van der Waals surface area contributed by atoms with Gasteiger partial charge in [0.1, 0.15) is 0 Å². The van der Waals surface area contributed by atoms with Crippen molar-refractivity contribution in [2.24, 2.45) is 0 Å². The van der Waals surface area contributed by atoms with Gasteiger partial charge in [0.15, 0.2) is 0 Å². The second-order valence-corrected chi connectivity index (χ2v) is 5.27. The van der Waals surface area contributed by atoms with Gasteiger partial charge in [-0.2, -0.15) is 0 Å². The highest BCUT2D eigenvalue weighted by Crippen LogP contribution is 2.20.